The Morgan fingerprint density at radius 1 is 1.22 bits per heavy atom. The van der Waals surface area contributed by atoms with E-state index in [1.807, 2.05) is 0 Å². The maximum absolute atomic E-state index is 13.7. The minimum Gasteiger partial charge on any atom is -0.377 e. The van der Waals surface area contributed by atoms with E-state index in [-0.39, 0.29) is 17.2 Å². The Hall–Kier alpha value is -2.06. The molecule has 8 heteroatoms. The Morgan fingerprint density at radius 2 is 2.04 bits per heavy atom. The molecule has 2 heterocycles. The average Bonchev–Trinajstić information content (AvgIpc) is 3.46. The Morgan fingerprint density at radius 3 is 2.74 bits per heavy atom. The quantitative estimate of drug-likeness (QED) is 0.846. The molecule has 1 aliphatic carbocycles. The summed E-state index contributed by atoms with van der Waals surface area (Å²) in [7, 11) is -3.86. The van der Waals surface area contributed by atoms with Gasteiger partial charge in [0.25, 0.3) is 5.91 Å². The summed E-state index contributed by atoms with van der Waals surface area (Å²) in [5.74, 6) is -1.24. The van der Waals surface area contributed by atoms with Crippen LogP contribution in [0.3, 0.4) is 0 Å². The van der Waals surface area contributed by atoms with Crippen molar-refractivity contribution >= 4 is 26.8 Å². The first-order chi connectivity index (χ1) is 12.9. The summed E-state index contributed by atoms with van der Waals surface area (Å²) < 4.78 is 46.1. The van der Waals surface area contributed by atoms with Gasteiger partial charge in [0.2, 0.25) is 10.0 Å². The predicted molar refractivity (Wildman–Crippen MR) is 98.5 cm³/mol. The fourth-order valence-corrected chi connectivity index (χ4v) is 4.64. The zero-order valence-corrected chi connectivity index (χ0v) is 15.6. The maximum atomic E-state index is 13.7. The molecule has 1 aromatic carbocycles. The van der Waals surface area contributed by atoms with Crippen molar-refractivity contribution < 1.29 is 22.3 Å². The maximum Gasteiger partial charge on any atom is 0.265 e. The first-order valence-electron chi connectivity index (χ1n) is 9.18. The van der Waals surface area contributed by atoms with Gasteiger partial charge in [0, 0.05) is 23.6 Å². The minimum absolute atomic E-state index is 0.134. The van der Waals surface area contributed by atoms with Crippen LogP contribution in [0.4, 0.5) is 4.39 Å². The molecule has 0 unspecified atom stereocenters. The molecule has 1 aromatic heterocycles. The Kier molecular flexibility index (Phi) is 4.86. The number of benzene rings is 1. The van der Waals surface area contributed by atoms with Gasteiger partial charge in [0.1, 0.15) is 5.82 Å². The van der Waals surface area contributed by atoms with Crippen molar-refractivity contribution in [3.8, 4) is 0 Å². The van der Waals surface area contributed by atoms with E-state index in [1.54, 1.807) is 6.07 Å². The van der Waals surface area contributed by atoms with Crippen LogP contribution in [0, 0.1) is 5.82 Å². The highest BCUT2D eigenvalue weighted by molar-refractivity contribution is 7.90. The number of fused-ring (bicyclic) bond motifs is 1. The van der Waals surface area contributed by atoms with Crippen LogP contribution < -0.4 is 4.72 Å². The summed E-state index contributed by atoms with van der Waals surface area (Å²) >= 11 is 0. The van der Waals surface area contributed by atoms with E-state index in [9.17, 15) is 17.6 Å². The largest absolute Gasteiger partial charge is 0.377 e. The number of nitrogens with zero attached hydrogens (tertiary/aromatic N) is 1. The molecular formula is C19H21FN2O4S. The third-order valence-electron chi connectivity index (χ3n) is 4.96. The van der Waals surface area contributed by atoms with Gasteiger partial charge in [-0.1, -0.05) is 0 Å². The summed E-state index contributed by atoms with van der Waals surface area (Å²) in [4.78, 5) is 17.2. The van der Waals surface area contributed by atoms with Crippen molar-refractivity contribution in [1.29, 1.82) is 0 Å². The number of carbonyl (C=O) groups excluding carboxylic acids is 1. The average molecular weight is 392 g/mol. The number of hydrogen-bond acceptors (Lipinski definition) is 5. The Bertz CT molecular complexity index is 983. The van der Waals surface area contributed by atoms with E-state index in [1.165, 1.54) is 18.2 Å². The van der Waals surface area contributed by atoms with Gasteiger partial charge in [0.05, 0.1) is 22.9 Å². The van der Waals surface area contributed by atoms with Crippen LogP contribution in [0.2, 0.25) is 0 Å². The number of carbonyl (C=O) groups is 1. The van der Waals surface area contributed by atoms with E-state index in [0.717, 1.165) is 31.4 Å². The second-order valence-electron chi connectivity index (χ2n) is 7.23. The number of nitrogens with one attached hydrogen (secondary N) is 1. The highest BCUT2D eigenvalue weighted by atomic mass is 32.2. The van der Waals surface area contributed by atoms with Crippen LogP contribution in [0.5, 0.6) is 0 Å². The first kappa shape index (κ1) is 18.3. The molecule has 4 rings (SSSR count). The molecule has 1 aliphatic heterocycles. The number of rotatable bonds is 5. The van der Waals surface area contributed by atoms with Gasteiger partial charge in [-0.05, 0) is 56.4 Å². The Labute approximate surface area is 157 Å². The summed E-state index contributed by atoms with van der Waals surface area (Å²) in [6.07, 6.45) is 4.05. The number of ether oxygens (including phenoxy) is 1. The smallest absolute Gasteiger partial charge is 0.265 e. The zero-order valence-electron chi connectivity index (χ0n) is 14.8. The van der Waals surface area contributed by atoms with Gasteiger partial charge < -0.3 is 4.74 Å². The Balaban J connectivity index is 1.62. The van der Waals surface area contributed by atoms with Crippen LogP contribution in [-0.4, -0.2) is 37.8 Å². The summed E-state index contributed by atoms with van der Waals surface area (Å²) in [5.41, 5.74) is 1.36. The first-order valence-corrected chi connectivity index (χ1v) is 10.8. The topological polar surface area (TPSA) is 85.4 Å². The van der Waals surface area contributed by atoms with Gasteiger partial charge >= 0.3 is 0 Å². The van der Waals surface area contributed by atoms with Gasteiger partial charge in [-0.3, -0.25) is 9.78 Å². The summed E-state index contributed by atoms with van der Waals surface area (Å²) in [6.45, 7) is 0.535. The number of pyridine rings is 1. The lowest BCUT2D eigenvalue weighted by Gasteiger charge is -2.22. The van der Waals surface area contributed by atoms with Crippen LogP contribution in [0.1, 0.15) is 54.1 Å². The lowest BCUT2D eigenvalue weighted by atomic mass is 10.1. The molecule has 2 aliphatic rings. The fourth-order valence-electron chi connectivity index (χ4n) is 3.42. The molecule has 2 aromatic rings. The van der Waals surface area contributed by atoms with E-state index >= 15 is 0 Å². The molecule has 1 atom stereocenters. The van der Waals surface area contributed by atoms with Crippen LogP contribution in [-0.2, 0) is 14.8 Å². The third-order valence-corrected chi connectivity index (χ3v) is 6.27. The molecule has 0 bridgehead atoms. The van der Waals surface area contributed by atoms with Gasteiger partial charge in [0.15, 0.2) is 0 Å². The van der Waals surface area contributed by atoms with E-state index < -0.39 is 27.9 Å². The molecule has 0 spiro atoms. The molecule has 27 heavy (non-hydrogen) atoms. The zero-order chi connectivity index (χ0) is 19.0. The molecule has 6 nitrogen and oxygen atoms in total. The van der Waals surface area contributed by atoms with Gasteiger partial charge in [-0.15, -0.1) is 0 Å². The lowest BCUT2D eigenvalue weighted by molar-refractivity contribution is 0.0304. The number of aromatic nitrogens is 1. The van der Waals surface area contributed by atoms with Crippen molar-refractivity contribution in [2.24, 2.45) is 0 Å². The summed E-state index contributed by atoms with van der Waals surface area (Å²) in [5, 5.41) is 0.306. The lowest BCUT2D eigenvalue weighted by Crippen LogP contribution is -2.38. The van der Waals surface area contributed by atoms with E-state index in [0.29, 0.717) is 23.9 Å². The molecule has 1 saturated heterocycles. The standard InChI is InChI=1S/C19H21FN2O4S/c20-13-6-7-17-15(9-13)16(10-18(21-17)12-4-5-12)19(23)22-27(24,25)11-14-3-1-2-8-26-14/h6-7,9-10,12,14H,1-5,8,11H2,(H,22,23)/t14-/m1/s1. The second-order valence-corrected chi connectivity index (χ2v) is 9.00. The van der Waals surface area contributed by atoms with Crippen LogP contribution in [0.25, 0.3) is 10.9 Å². The third kappa shape index (κ3) is 4.27. The van der Waals surface area contributed by atoms with Crippen molar-refractivity contribution in [2.75, 3.05) is 12.4 Å². The van der Waals surface area contributed by atoms with Crippen molar-refractivity contribution in [1.82, 2.24) is 9.71 Å². The molecule has 1 saturated carbocycles. The van der Waals surface area contributed by atoms with Gasteiger partial charge in [-0.2, -0.15) is 0 Å². The monoisotopic (exact) mass is 392 g/mol. The van der Waals surface area contributed by atoms with E-state index in [4.69, 9.17) is 4.74 Å². The summed E-state index contributed by atoms with van der Waals surface area (Å²) in [6, 6.07) is 5.59. The van der Waals surface area contributed by atoms with E-state index in [2.05, 4.69) is 9.71 Å². The van der Waals surface area contributed by atoms with Crippen LogP contribution >= 0.6 is 0 Å². The molecular weight excluding hydrogens is 371 g/mol. The minimum atomic E-state index is -3.86. The SMILES string of the molecule is O=C(NS(=O)(=O)C[C@H]1CCCCO1)c1cc(C2CC2)nc2ccc(F)cc12. The van der Waals surface area contributed by atoms with Crippen molar-refractivity contribution in [2.45, 2.75) is 44.1 Å². The predicted octanol–water partition coefficient (Wildman–Crippen LogP) is 2.88. The van der Waals surface area contributed by atoms with Gasteiger partial charge in [-0.25, -0.2) is 17.5 Å². The highest BCUT2D eigenvalue weighted by Gasteiger charge is 2.29. The molecule has 1 amide bonds. The normalized spacial score (nSPS) is 20.6. The van der Waals surface area contributed by atoms with Crippen molar-refractivity contribution in [3.63, 3.8) is 0 Å². The highest BCUT2D eigenvalue weighted by Crippen LogP contribution is 2.40. The molecule has 144 valence electrons. The number of sulfonamides is 1. The second kappa shape index (κ2) is 7.16. The number of amides is 1. The number of halogens is 1. The van der Waals surface area contributed by atoms with Crippen molar-refractivity contribution in [3.05, 3.63) is 41.3 Å². The number of hydrogen-bond donors (Lipinski definition) is 1. The van der Waals surface area contributed by atoms with Crippen LogP contribution in [0.15, 0.2) is 24.3 Å². The fraction of sp³-hybridized carbons (Fsp3) is 0.474. The molecule has 2 fully saturated rings. The molecule has 0 radical (unpaired) electrons. The molecule has 1 N–H and O–H groups in total.